The van der Waals surface area contributed by atoms with Gasteiger partial charge in [0.2, 0.25) is 0 Å². The third-order valence-electron chi connectivity index (χ3n) is 14.3. The van der Waals surface area contributed by atoms with E-state index >= 15 is 0 Å². The van der Waals surface area contributed by atoms with Crippen LogP contribution in [-0.2, 0) is 27.1 Å². The number of hydrogen-bond acceptors (Lipinski definition) is 3. The number of fused-ring (bicyclic) bond motifs is 5. The molecule has 0 spiro atoms. The fraction of sp³-hybridized carbons (Fsp3) is 0.490. The minimum Gasteiger partial charge on any atom is -0.462 e. The molecule has 2 atom stereocenters. The Morgan fingerprint density at radius 2 is 1.22 bits per heavy atom. The third-order valence-corrected chi connectivity index (χ3v) is 14.3. The molecular weight excluding hydrogens is 657 g/mol. The molecule has 0 saturated heterocycles. The summed E-state index contributed by atoms with van der Waals surface area (Å²) in [5.74, 6) is 0. The van der Waals surface area contributed by atoms with Gasteiger partial charge in [0.1, 0.15) is 11.8 Å². The van der Waals surface area contributed by atoms with Gasteiger partial charge in [0.15, 0.2) is 0 Å². The minimum absolute atomic E-state index is 0.0336. The predicted molar refractivity (Wildman–Crippen MR) is 231 cm³/mol. The van der Waals surface area contributed by atoms with Crippen molar-refractivity contribution in [1.29, 1.82) is 0 Å². The number of anilines is 5. The van der Waals surface area contributed by atoms with Crippen LogP contribution in [0.1, 0.15) is 155 Å². The van der Waals surface area contributed by atoms with Crippen LogP contribution in [0.3, 0.4) is 0 Å². The van der Waals surface area contributed by atoms with Crippen LogP contribution in [0, 0.1) is 6.92 Å². The normalized spacial score (nSPS) is 23.2. The van der Waals surface area contributed by atoms with E-state index in [2.05, 4.69) is 173 Å². The summed E-state index contributed by atoms with van der Waals surface area (Å²) in [5, 5.41) is 1.18. The molecule has 2 unspecified atom stereocenters. The van der Waals surface area contributed by atoms with Crippen molar-refractivity contribution in [2.75, 3.05) is 9.80 Å². The van der Waals surface area contributed by atoms with Gasteiger partial charge in [-0.25, -0.2) is 0 Å². The Morgan fingerprint density at radius 1 is 0.611 bits per heavy atom. The maximum absolute atomic E-state index is 6.57. The summed E-state index contributed by atoms with van der Waals surface area (Å²) in [5.41, 5.74) is 15.8. The van der Waals surface area contributed by atoms with E-state index < -0.39 is 0 Å². The van der Waals surface area contributed by atoms with E-state index in [1.807, 2.05) is 6.26 Å². The van der Waals surface area contributed by atoms with Crippen molar-refractivity contribution in [3.05, 3.63) is 112 Å². The maximum atomic E-state index is 6.57. The van der Waals surface area contributed by atoms with E-state index in [9.17, 15) is 0 Å². The molecule has 3 aliphatic rings. The predicted octanol–water partition coefficient (Wildman–Crippen LogP) is 14.9. The Labute approximate surface area is 326 Å². The first-order chi connectivity index (χ1) is 25.1. The van der Waals surface area contributed by atoms with Crippen LogP contribution >= 0.6 is 0 Å². The summed E-state index contributed by atoms with van der Waals surface area (Å²) in [6.45, 7) is 30.9. The molecule has 1 saturated carbocycles. The molecule has 0 bridgehead atoms. The first-order valence-electron chi connectivity index (χ1n) is 20.7. The van der Waals surface area contributed by atoms with Crippen LogP contribution in [0.15, 0.2) is 83.5 Å². The van der Waals surface area contributed by atoms with E-state index in [-0.39, 0.29) is 32.6 Å². The molecule has 2 aliphatic carbocycles. The van der Waals surface area contributed by atoms with Gasteiger partial charge in [-0.1, -0.05) is 113 Å². The highest BCUT2D eigenvalue weighted by molar-refractivity contribution is 5.98. The Bertz CT molecular complexity index is 2250. The SMILES string of the molecule is Cc1cc(N(c2ccc(C(C)(C)C)cc2)c2coc3cc4c(cc23)C(C)(C)CCC4(C)C)cc(N2c3ccc(C(C)(C)C)cc3C3(C)CCCCC23C)c1. The zero-order chi connectivity index (χ0) is 38.8. The number of nitrogens with zero attached hydrogens (tertiary/aromatic N) is 2. The molecule has 1 aliphatic heterocycles. The van der Waals surface area contributed by atoms with Crippen LogP contribution in [0.4, 0.5) is 28.4 Å². The zero-order valence-electron chi connectivity index (χ0n) is 35.6. The summed E-state index contributed by atoms with van der Waals surface area (Å²) < 4.78 is 6.57. The highest BCUT2D eigenvalue weighted by Gasteiger charge is 2.58. The van der Waals surface area contributed by atoms with Crippen molar-refractivity contribution < 1.29 is 4.42 Å². The van der Waals surface area contributed by atoms with Crippen LogP contribution in [0.25, 0.3) is 11.0 Å². The quantitative estimate of drug-likeness (QED) is 0.184. The van der Waals surface area contributed by atoms with Gasteiger partial charge in [0, 0.05) is 33.6 Å². The fourth-order valence-electron chi connectivity index (χ4n) is 10.4. The second kappa shape index (κ2) is 12.0. The van der Waals surface area contributed by atoms with Crippen LogP contribution in [0.2, 0.25) is 0 Å². The van der Waals surface area contributed by atoms with Gasteiger partial charge in [0.25, 0.3) is 0 Å². The van der Waals surface area contributed by atoms with Crippen LogP contribution < -0.4 is 9.80 Å². The molecule has 3 heteroatoms. The van der Waals surface area contributed by atoms with Crippen molar-refractivity contribution in [2.45, 2.75) is 161 Å². The molecule has 8 rings (SSSR count). The monoisotopic (exact) mass is 721 g/mol. The van der Waals surface area contributed by atoms with Gasteiger partial charge in [-0.2, -0.15) is 0 Å². The highest BCUT2D eigenvalue weighted by Crippen LogP contribution is 2.62. The summed E-state index contributed by atoms with van der Waals surface area (Å²) in [6.07, 6.45) is 9.29. The van der Waals surface area contributed by atoms with Crippen molar-refractivity contribution in [2.24, 2.45) is 0 Å². The summed E-state index contributed by atoms with van der Waals surface area (Å²) in [7, 11) is 0. The summed E-state index contributed by atoms with van der Waals surface area (Å²) >= 11 is 0. The smallest absolute Gasteiger partial charge is 0.136 e. The van der Waals surface area contributed by atoms with Gasteiger partial charge < -0.3 is 14.2 Å². The van der Waals surface area contributed by atoms with E-state index in [0.717, 1.165) is 22.6 Å². The molecule has 0 N–H and O–H groups in total. The minimum atomic E-state index is -0.0336. The van der Waals surface area contributed by atoms with E-state index in [1.165, 1.54) is 88.7 Å². The van der Waals surface area contributed by atoms with E-state index in [4.69, 9.17) is 4.42 Å². The lowest BCUT2D eigenvalue weighted by Crippen LogP contribution is -2.54. The Kier molecular flexibility index (Phi) is 8.22. The number of rotatable bonds is 4. The first kappa shape index (κ1) is 37.0. The lowest BCUT2D eigenvalue weighted by molar-refractivity contribution is 0.195. The van der Waals surface area contributed by atoms with Crippen molar-refractivity contribution in [1.82, 2.24) is 0 Å². The van der Waals surface area contributed by atoms with Crippen LogP contribution in [-0.4, -0.2) is 5.54 Å². The number of hydrogen-bond donors (Lipinski definition) is 0. The van der Waals surface area contributed by atoms with Crippen LogP contribution in [0.5, 0.6) is 0 Å². The lowest BCUT2D eigenvalue weighted by atomic mass is 9.61. The molecule has 1 fully saturated rings. The first-order valence-corrected chi connectivity index (χ1v) is 20.7. The molecular formula is C51H64N2O. The average molecular weight is 721 g/mol. The highest BCUT2D eigenvalue weighted by atomic mass is 16.3. The molecule has 0 amide bonds. The molecule has 5 aromatic rings. The second-order valence-corrected chi connectivity index (χ2v) is 21.1. The van der Waals surface area contributed by atoms with Gasteiger partial charge in [-0.3, -0.25) is 0 Å². The third kappa shape index (κ3) is 5.65. The Morgan fingerprint density at radius 3 is 1.87 bits per heavy atom. The average Bonchev–Trinajstić information content (AvgIpc) is 3.59. The summed E-state index contributed by atoms with van der Waals surface area (Å²) in [4.78, 5) is 5.20. The fourth-order valence-corrected chi connectivity index (χ4v) is 10.4. The van der Waals surface area contributed by atoms with Gasteiger partial charge in [-0.05, 0) is 143 Å². The standard InChI is InChI=1S/C51H64N2O/c1-33-26-37(29-38(27-33)53-43-21-18-35(47(5,6)7)28-42(43)50(12)22-14-15-23-51(50,53)13)52(36-19-16-34(17-20-36)46(2,3)4)44-32-54-45-31-41-40(30-39(44)45)48(8,9)24-25-49(41,10)11/h16-21,26-32H,14-15,22-25H2,1-13H3. The van der Waals surface area contributed by atoms with Crippen molar-refractivity contribution in [3.8, 4) is 0 Å². The largest absolute Gasteiger partial charge is 0.462 e. The van der Waals surface area contributed by atoms with Crippen molar-refractivity contribution in [3.63, 3.8) is 0 Å². The molecule has 4 aromatic carbocycles. The number of aryl methyl sites for hydroxylation is 1. The molecule has 54 heavy (non-hydrogen) atoms. The maximum Gasteiger partial charge on any atom is 0.136 e. The van der Waals surface area contributed by atoms with Gasteiger partial charge in [0.05, 0.1) is 11.2 Å². The number of benzene rings is 4. The molecule has 284 valence electrons. The molecule has 0 radical (unpaired) electrons. The molecule has 1 aromatic heterocycles. The van der Waals surface area contributed by atoms with Gasteiger partial charge >= 0.3 is 0 Å². The molecule has 2 heterocycles. The van der Waals surface area contributed by atoms with Crippen molar-refractivity contribution >= 4 is 39.4 Å². The Hall–Kier alpha value is -3.98. The summed E-state index contributed by atoms with van der Waals surface area (Å²) in [6, 6.07) is 28.7. The number of furan rings is 1. The Balaban J connectivity index is 1.35. The van der Waals surface area contributed by atoms with E-state index in [0.29, 0.717) is 0 Å². The second-order valence-electron chi connectivity index (χ2n) is 21.1. The van der Waals surface area contributed by atoms with Gasteiger partial charge in [-0.15, -0.1) is 0 Å². The topological polar surface area (TPSA) is 19.6 Å². The zero-order valence-corrected chi connectivity index (χ0v) is 35.6. The lowest BCUT2D eigenvalue weighted by Gasteiger charge is -2.50. The van der Waals surface area contributed by atoms with E-state index in [1.54, 1.807) is 0 Å². The molecule has 3 nitrogen and oxygen atoms in total.